The summed E-state index contributed by atoms with van der Waals surface area (Å²) >= 11 is 0. The van der Waals surface area contributed by atoms with Gasteiger partial charge in [-0.05, 0) is 35.9 Å². The molecule has 0 fully saturated rings. The summed E-state index contributed by atoms with van der Waals surface area (Å²) < 4.78 is 90.7. The van der Waals surface area contributed by atoms with E-state index in [1.54, 1.807) is 0 Å². The number of halogens is 7. The number of hydrogen-bond acceptors (Lipinski definition) is 5. The first-order valence-corrected chi connectivity index (χ1v) is 8.07. The molecule has 0 atom stereocenters. The summed E-state index contributed by atoms with van der Waals surface area (Å²) in [4.78, 5) is 4.44. The highest BCUT2D eigenvalue weighted by Gasteiger charge is 2.36. The lowest BCUT2D eigenvalue weighted by Crippen LogP contribution is -2.28. The van der Waals surface area contributed by atoms with Crippen molar-refractivity contribution in [3.63, 3.8) is 0 Å². The fraction of sp³-hybridized carbons (Fsp3) is 0.353. The Morgan fingerprint density at radius 2 is 1.41 bits per heavy atom. The Bertz CT molecular complexity index is 805. The molecule has 0 aliphatic carbocycles. The van der Waals surface area contributed by atoms with Crippen molar-refractivity contribution in [2.24, 2.45) is 0 Å². The standard InChI is InChI=1S/C17H16F7N3O2/c18-14-2-1-11(15(26-14)27(8-28)9-29)7-25-6-10-3-12(16(19,20)21)5-13(4-10)17(22,23)24/h1-5,25,28-29H,6-9H2. The van der Waals surface area contributed by atoms with Crippen molar-refractivity contribution in [1.82, 2.24) is 10.3 Å². The molecule has 0 saturated heterocycles. The second-order valence-electron chi connectivity index (χ2n) is 5.96. The normalized spacial score (nSPS) is 12.3. The monoisotopic (exact) mass is 427 g/mol. The van der Waals surface area contributed by atoms with Crippen molar-refractivity contribution >= 4 is 5.82 Å². The Kier molecular flexibility index (Phi) is 7.03. The predicted molar refractivity (Wildman–Crippen MR) is 87.8 cm³/mol. The van der Waals surface area contributed by atoms with Crippen molar-refractivity contribution < 1.29 is 40.9 Å². The summed E-state index contributed by atoms with van der Waals surface area (Å²) in [5.74, 6) is -1.02. The van der Waals surface area contributed by atoms with Gasteiger partial charge in [-0.2, -0.15) is 30.7 Å². The zero-order chi connectivity index (χ0) is 21.8. The van der Waals surface area contributed by atoms with E-state index in [1.807, 2.05) is 0 Å². The van der Waals surface area contributed by atoms with Gasteiger partial charge in [0.05, 0.1) is 11.1 Å². The van der Waals surface area contributed by atoms with Gasteiger partial charge in [0, 0.05) is 18.7 Å². The number of aliphatic hydroxyl groups is 2. The van der Waals surface area contributed by atoms with Gasteiger partial charge in [0.1, 0.15) is 19.3 Å². The summed E-state index contributed by atoms with van der Waals surface area (Å²) in [7, 11) is 0. The zero-order valence-corrected chi connectivity index (χ0v) is 14.6. The number of benzene rings is 1. The molecule has 1 aromatic heterocycles. The third-order valence-electron chi connectivity index (χ3n) is 3.85. The van der Waals surface area contributed by atoms with Crippen LogP contribution in [0, 0.1) is 5.95 Å². The lowest BCUT2D eigenvalue weighted by atomic mass is 10.0. The number of pyridine rings is 1. The first-order valence-electron chi connectivity index (χ1n) is 8.07. The highest BCUT2D eigenvalue weighted by Crippen LogP contribution is 2.36. The van der Waals surface area contributed by atoms with Crippen LogP contribution in [0.3, 0.4) is 0 Å². The summed E-state index contributed by atoms with van der Waals surface area (Å²) in [6.45, 7) is -1.87. The summed E-state index contributed by atoms with van der Waals surface area (Å²) in [5, 5.41) is 21.0. The largest absolute Gasteiger partial charge is 0.416 e. The Hall–Kier alpha value is -2.44. The van der Waals surface area contributed by atoms with Gasteiger partial charge < -0.3 is 20.4 Å². The molecule has 2 rings (SSSR count). The predicted octanol–water partition coefficient (Wildman–Crippen LogP) is 3.25. The SMILES string of the molecule is OCN(CO)c1nc(F)ccc1CNCc1cc(C(F)(F)F)cc(C(F)(F)F)c1. The molecule has 12 heteroatoms. The van der Waals surface area contributed by atoms with Gasteiger partial charge in [-0.1, -0.05) is 0 Å². The second kappa shape index (κ2) is 8.93. The van der Waals surface area contributed by atoms with Gasteiger partial charge in [-0.3, -0.25) is 0 Å². The molecule has 0 aliphatic rings. The van der Waals surface area contributed by atoms with Crippen LogP contribution in [0.5, 0.6) is 0 Å². The molecule has 29 heavy (non-hydrogen) atoms. The van der Waals surface area contributed by atoms with Gasteiger partial charge in [0.25, 0.3) is 0 Å². The summed E-state index contributed by atoms with van der Waals surface area (Å²) in [6, 6.07) is 3.47. The van der Waals surface area contributed by atoms with Crippen molar-refractivity contribution in [3.8, 4) is 0 Å². The van der Waals surface area contributed by atoms with Crippen LogP contribution in [0.1, 0.15) is 22.3 Å². The third kappa shape index (κ3) is 6.02. The number of anilines is 1. The highest BCUT2D eigenvalue weighted by molar-refractivity contribution is 5.46. The van der Waals surface area contributed by atoms with Crippen LogP contribution < -0.4 is 10.2 Å². The lowest BCUT2D eigenvalue weighted by molar-refractivity contribution is -0.143. The fourth-order valence-electron chi connectivity index (χ4n) is 2.51. The third-order valence-corrected chi connectivity index (χ3v) is 3.85. The Morgan fingerprint density at radius 1 is 0.862 bits per heavy atom. The van der Waals surface area contributed by atoms with Crippen LogP contribution in [0.15, 0.2) is 30.3 Å². The quantitative estimate of drug-likeness (QED) is 0.360. The van der Waals surface area contributed by atoms with E-state index in [0.29, 0.717) is 12.1 Å². The minimum absolute atomic E-state index is 0.0336. The number of nitrogens with one attached hydrogen (secondary N) is 1. The topological polar surface area (TPSA) is 68.6 Å². The van der Waals surface area contributed by atoms with Gasteiger partial charge in [-0.15, -0.1) is 0 Å². The molecule has 0 aliphatic heterocycles. The molecule has 5 nitrogen and oxygen atoms in total. The number of nitrogens with zero attached hydrogens (tertiary/aromatic N) is 2. The molecular weight excluding hydrogens is 411 g/mol. The van der Waals surface area contributed by atoms with Crippen LogP contribution in [0.25, 0.3) is 0 Å². The van der Waals surface area contributed by atoms with Crippen molar-refractivity contribution in [3.05, 3.63) is 58.5 Å². The van der Waals surface area contributed by atoms with Crippen molar-refractivity contribution in [2.75, 3.05) is 18.4 Å². The number of rotatable bonds is 7. The van der Waals surface area contributed by atoms with E-state index in [1.165, 1.54) is 6.07 Å². The fourth-order valence-corrected chi connectivity index (χ4v) is 2.51. The van der Waals surface area contributed by atoms with E-state index in [9.17, 15) is 40.9 Å². The van der Waals surface area contributed by atoms with Crippen molar-refractivity contribution in [2.45, 2.75) is 25.4 Å². The molecule has 160 valence electrons. The highest BCUT2D eigenvalue weighted by atomic mass is 19.4. The molecule has 0 saturated carbocycles. The van der Waals surface area contributed by atoms with Crippen LogP contribution >= 0.6 is 0 Å². The molecule has 2 aromatic rings. The van der Waals surface area contributed by atoms with Gasteiger partial charge in [-0.25, -0.2) is 4.98 Å². The minimum Gasteiger partial charge on any atom is -0.376 e. The zero-order valence-electron chi connectivity index (χ0n) is 14.6. The van der Waals surface area contributed by atoms with Gasteiger partial charge in [0.15, 0.2) is 0 Å². The molecule has 0 bridgehead atoms. The van der Waals surface area contributed by atoms with E-state index < -0.39 is 42.9 Å². The number of hydrogen-bond donors (Lipinski definition) is 3. The molecule has 0 amide bonds. The Labute approximate surface area is 160 Å². The van der Waals surface area contributed by atoms with E-state index in [-0.39, 0.29) is 36.1 Å². The van der Waals surface area contributed by atoms with E-state index >= 15 is 0 Å². The van der Waals surface area contributed by atoms with Crippen LogP contribution in [-0.2, 0) is 25.4 Å². The Balaban J connectivity index is 2.23. The minimum atomic E-state index is -4.95. The van der Waals surface area contributed by atoms with Crippen molar-refractivity contribution in [1.29, 1.82) is 0 Å². The number of aliphatic hydroxyl groups excluding tert-OH is 2. The molecule has 0 radical (unpaired) electrons. The molecule has 0 spiro atoms. The summed E-state index contributed by atoms with van der Waals surface area (Å²) in [6.07, 6.45) is -9.90. The number of aromatic nitrogens is 1. The number of alkyl halides is 6. The van der Waals surface area contributed by atoms with Gasteiger partial charge >= 0.3 is 12.4 Å². The second-order valence-corrected chi connectivity index (χ2v) is 5.96. The van der Waals surface area contributed by atoms with Crippen LogP contribution in [0.2, 0.25) is 0 Å². The average molecular weight is 427 g/mol. The van der Waals surface area contributed by atoms with Crippen LogP contribution in [-0.4, -0.2) is 28.7 Å². The first-order chi connectivity index (χ1) is 13.5. The maximum absolute atomic E-state index is 13.3. The summed E-state index contributed by atoms with van der Waals surface area (Å²) in [5.41, 5.74) is -2.86. The van der Waals surface area contributed by atoms with Gasteiger partial charge in [0.2, 0.25) is 5.95 Å². The molecule has 0 unspecified atom stereocenters. The van der Waals surface area contributed by atoms with Crippen LogP contribution in [0.4, 0.5) is 36.6 Å². The molecular formula is C17H16F7N3O2. The van der Waals surface area contributed by atoms with E-state index in [4.69, 9.17) is 0 Å². The maximum atomic E-state index is 13.3. The average Bonchev–Trinajstić information content (AvgIpc) is 2.63. The van der Waals surface area contributed by atoms with E-state index in [0.717, 1.165) is 11.0 Å². The lowest BCUT2D eigenvalue weighted by Gasteiger charge is -2.21. The smallest absolute Gasteiger partial charge is 0.376 e. The molecule has 1 aromatic carbocycles. The Morgan fingerprint density at radius 3 is 1.90 bits per heavy atom. The first kappa shape index (κ1) is 22.8. The molecule has 1 heterocycles. The maximum Gasteiger partial charge on any atom is 0.416 e. The van der Waals surface area contributed by atoms with E-state index in [2.05, 4.69) is 10.3 Å². The molecule has 3 N–H and O–H groups in total.